The van der Waals surface area contributed by atoms with Crippen LogP contribution in [0.15, 0.2) is 27.5 Å². The lowest BCUT2D eigenvalue weighted by Gasteiger charge is -2.14. The fourth-order valence-corrected chi connectivity index (χ4v) is 2.45. The molecule has 1 unspecified atom stereocenters. The zero-order chi connectivity index (χ0) is 12.4. The molecule has 0 saturated heterocycles. The van der Waals surface area contributed by atoms with Crippen LogP contribution in [-0.2, 0) is 13.5 Å². The van der Waals surface area contributed by atoms with E-state index in [0.29, 0.717) is 0 Å². The molecule has 2 rings (SSSR count). The maximum Gasteiger partial charge on any atom is 0.0950 e. The van der Waals surface area contributed by atoms with Crippen LogP contribution in [0.4, 0.5) is 0 Å². The summed E-state index contributed by atoms with van der Waals surface area (Å²) >= 11 is 3.59. The van der Waals surface area contributed by atoms with Crippen molar-refractivity contribution < 1.29 is 4.42 Å². The minimum Gasteiger partial charge on any atom is -0.472 e. The molecule has 0 saturated carbocycles. The number of rotatable bonds is 4. The highest BCUT2D eigenvalue weighted by Gasteiger charge is 2.17. The summed E-state index contributed by atoms with van der Waals surface area (Å²) in [4.78, 5) is 0. The molecule has 0 spiro atoms. The Bertz CT molecular complexity index is 490. The van der Waals surface area contributed by atoms with Crippen LogP contribution < -0.4 is 5.32 Å². The molecule has 0 radical (unpaired) electrons. The van der Waals surface area contributed by atoms with Crippen molar-refractivity contribution in [1.29, 1.82) is 0 Å². The zero-order valence-electron chi connectivity index (χ0n) is 10.2. The lowest BCUT2D eigenvalue weighted by atomic mass is 10.1. The molecule has 0 fully saturated rings. The second-order valence-corrected chi connectivity index (χ2v) is 4.86. The molecule has 0 aliphatic rings. The minimum atomic E-state index is 0.236. The van der Waals surface area contributed by atoms with Gasteiger partial charge in [-0.25, -0.2) is 0 Å². The number of nitrogens with one attached hydrogen (secondary N) is 1. The molecule has 0 aliphatic heterocycles. The van der Waals surface area contributed by atoms with Gasteiger partial charge >= 0.3 is 0 Å². The standard InChI is InChI=1S/C12H16BrN3O/c1-8-12(13)11(16(3)15-8)6-10(14-2)9-4-5-17-7-9/h4-5,7,10,14H,6H2,1-3H3. The number of furan rings is 1. The Balaban J connectivity index is 2.24. The number of halogens is 1. The van der Waals surface area contributed by atoms with Gasteiger partial charge in [0, 0.05) is 25.1 Å². The van der Waals surface area contributed by atoms with Crippen molar-refractivity contribution in [3.63, 3.8) is 0 Å². The number of hydrogen-bond donors (Lipinski definition) is 1. The molecule has 1 atom stereocenters. The minimum absolute atomic E-state index is 0.236. The van der Waals surface area contributed by atoms with Crippen molar-refractivity contribution in [3.8, 4) is 0 Å². The summed E-state index contributed by atoms with van der Waals surface area (Å²) in [5.74, 6) is 0. The van der Waals surface area contributed by atoms with Crippen LogP contribution in [0.1, 0.15) is 23.0 Å². The smallest absolute Gasteiger partial charge is 0.0950 e. The van der Waals surface area contributed by atoms with Crippen LogP contribution in [-0.4, -0.2) is 16.8 Å². The van der Waals surface area contributed by atoms with Crippen LogP contribution >= 0.6 is 15.9 Å². The van der Waals surface area contributed by atoms with Gasteiger partial charge in [0.1, 0.15) is 0 Å². The fraction of sp³-hybridized carbons (Fsp3) is 0.417. The molecule has 4 nitrogen and oxygen atoms in total. The van der Waals surface area contributed by atoms with Crippen LogP contribution in [0.25, 0.3) is 0 Å². The van der Waals surface area contributed by atoms with Gasteiger partial charge < -0.3 is 9.73 Å². The van der Waals surface area contributed by atoms with Crippen molar-refractivity contribution in [2.24, 2.45) is 7.05 Å². The van der Waals surface area contributed by atoms with Crippen molar-refractivity contribution in [2.45, 2.75) is 19.4 Å². The highest BCUT2D eigenvalue weighted by atomic mass is 79.9. The molecule has 1 N–H and O–H groups in total. The van der Waals surface area contributed by atoms with Crippen molar-refractivity contribution in [2.75, 3.05) is 7.05 Å². The molecule has 0 amide bonds. The Morgan fingerprint density at radius 2 is 2.35 bits per heavy atom. The summed E-state index contributed by atoms with van der Waals surface area (Å²) in [6.07, 6.45) is 4.34. The number of aryl methyl sites for hydroxylation is 2. The predicted octanol–water partition coefficient (Wildman–Crippen LogP) is 2.59. The van der Waals surface area contributed by atoms with E-state index in [1.165, 1.54) is 5.69 Å². The molecule has 17 heavy (non-hydrogen) atoms. The first-order chi connectivity index (χ1) is 8.13. The topological polar surface area (TPSA) is 43.0 Å². The molecule has 0 aliphatic carbocycles. The van der Waals surface area contributed by atoms with Gasteiger partial charge in [-0.15, -0.1) is 0 Å². The molecule has 2 aromatic heterocycles. The third-order valence-corrected chi connectivity index (χ3v) is 3.98. The third kappa shape index (κ3) is 2.45. The van der Waals surface area contributed by atoms with Gasteiger partial charge in [-0.1, -0.05) is 0 Å². The molecule has 2 heterocycles. The Hall–Kier alpha value is -1.07. The quantitative estimate of drug-likeness (QED) is 0.943. The highest BCUT2D eigenvalue weighted by molar-refractivity contribution is 9.10. The van der Waals surface area contributed by atoms with Crippen molar-refractivity contribution in [3.05, 3.63) is 40.0 Å². The number of aromatic nitrogens is 2. The first-order valence-electron chi connectivity index (χ1n) is 5.50. The molecular formula is C12H16BrN3O. The van der Waals surface area contributed by atoms with Crippen LogP contribution in [0, 0.1) is 6.92 Å². The van der Waals surface area contributed by atoms with Gasteiger partial charge in [-0.2, -0.15) is 5.10 Å². The average molecular weight is 298 g/mol. The van der Waals surface area contributed by atoms with Crippen LogP contribution in [0.3, 0.4) is 0 Å². The van der Waals surface area contributed by atoms with E-state index in [0.717, 1.165) is 22.2 Å². The largest absolute Gasteiger partial charge is 0.472 e. The summed E-state index contributed by atoms with van der Waals surface area (Å²) in [7, 11) is 3.92. The summed E-state index contributed by atoms with van der Waals surface area (Å²) in [6, 6.07) is 2.22. The molecule has 0 bridgehead atoms. The summed E-state index contributed by atoms with van der Waals surface area (Å²) in [5.41, 5.74) is 3.35. The SMILES string of the molecule is CNC(Cc1c(Br)c(C)nn1C)c1ccoc1. The molecular weight excluding hydrogens is 282 g/mol. The van der Waals surface area contributed by atoms with E-state index in [1.807, 2.05) is 31.8 Å². The Labute approximate surface area is 109 Å². The zero-order valence-corrected chi connectivity index (χ0v) is 11.8. The summed E-state index contributed by atoms with van der Waals surface area (Å²) in [5, 5.41) is 7.69. The van der Waals surface area contributed by atoms with Crippen LogP contribution in [0.5, 0.6) is 0 Å². The monoisotopic (exact) mass is 297 g/mol. The maximum absolute atomic E-state index is 5.13. The number of likely N-dealkylation sites (N-methyl/N-ethyl adjacent to an activating group) is 1. The third-order valence-electron chi connectivity index (χ3n) is 2.95. The summed E-state index contributed by atoms with van der Waals surface area (Å²) in [6.45, 7) is 2.00. The maximum atomic E-state index is 5.13. The van der Waals surface area contributed by atoms with Gasteiger partial charge in [0.25, 0.3) is 0 Å². The van der Waals surface area contributed by atoms with Gasteiger partial charge in [-0.3, -0.25) is 4.68 Å². The Morgan fingerprint density at radius 1 is 1.59 bits per heavy atom. The molecule has 0 aromatic carbocycles. The molecule has 5 heteroatoms. The second-order valence-electron chi connectivity index (χ2n) is 4.07. The van der Waals surface area contributed by atoms with E-state index in [9.17, 15) is 0 Å². The number of nitrogens with zero attached hydrogens (tertiary/aromatic N) is 2. The molecule has 2 aromatic rings. The van der Waals surface area contributed by atoms with Gasteiger partial charge in [0.05, 0.1) is 28.4 Å². The first kappa shape index (κ1) is 12.4. The van der Waals surface area contributed by atoms with E-state index in [2.05, 4.69) is 26.3 Å². The van der Waals surface area contributed by atoms with E-state index in [-0.39, 0.29) is 6.04 Å². The lowest BCUT2D eigenvalue weighted by molar-refractivity contribution is 0.531. The summed E-state index contributed by atoms with van der Waals surface area (Å²) < 4.78 is 8.13. The second kappa shape index (κ2) is 5.06. The van der Waals surface area contributed by atoms with E-state index >= 15 is 0 Å². The van der Waals surface area contributed by atoms with Crippen molar-refractivity contribution in [1.82, 2.24) is 15.1 Å². The van der Waals surface area contributed by atoms with E-state index in [1.54, 1.807) is 12.5 Å². The average Bonchev–Trinajstić information content (AvgIpc) is 2.89. The van der Waals surface area contributed by atoms with Gasteiger partial charge in [-0.05, 0) is 36.0 Å². The van der Waals surface area contributed by atoms with E-state index < -0.39 is 0 Å². The number of hydrogen-bond acceptors (Lipinski definition) is 3. The Kier molecular flexibility index (Phi) is 3.69. The predicted molar refractivity (Wildman–Crippen MR) is 69.9 cm³/mol. The Morgan fingerprint density at radius 3 is 2.82 bits per heavy atom. The fourth-order valence-electron chi connectivity index (χ4n) is 1.96. The van der Waals surface area contributed by atoms with E-state index in [4.69, 9.17) is 4.42 Å². The molecule has 92 valence electrons. The highest BCUT2D eigenvalue weighted by Crippen LogP contribution is 2.25. The normalized spacial score (nSPS) is 12.9. The van der Waals surface area contributed by atoms with Crippen molar-refractivity contribution >= 4 is 15.9 Å². The first-order valence-corrected chi connectivity index (χ1v) is 6.30. The lowest BCUT2D eigenvalue weighted by Crippen LogP contribution is -2.19. The van der Waals surface area contributed by atoms with Gasteiger partial charge in [0.2, 0.25) is 0 Å². The van der Waals surface area contributed by atoms with Gasteiger partial charge in [0.15, 0.2) is 0 Å². The van der Waals surface area contributed by atoms with Crippen LogP contribution in [0.2, 0.25) is 0 Å².